The number of alkyl halides is 1. The minimum absolute atomic E-state index is 0.176. The molecule has 2 aromatic carbocycles. The van der Waals surface area contributed by atoms with Gasteiger partial charge in [-0.1, -0.05) is 47.1 Å². The molecule has 0 fully saturated rings. The van der Waals surface area contributed by atoms with Crippen molar-refractivity contribution in [1.29, 1.82) is 0 Å². The van der Waals surface area contributed by atoms with Crippen LogP contribution < -0.4 is 4.74 Å². The average Bonchev–Trinajstić information content (AvgIpc) is 2.94. The molecule has 1 nitrogen and oxygen atoms in total. The van der Waals surface area contributed by atoms with Gasteiger partial charge in [0, 0.05) is 16.5 Å². The molecule has 104 valence electrons. The molecule has 20 heavy (non-hydrogen) atoms. The van der Waals surface area contributed by atoms with Crippen LogP contribution in [0.1, 0.15) is 34.6 Å². The molecule has 1 atom stereocenters. The Hall–Kier alpha value is -0.990. The van der Waals surface area contributed by atoms with Gasteiger partial charge < -0.3 is 4.74 Å². The van der Waals surface area contributed by atoms with Crippen LogP contribution >= 0.6 is 27.5 Å². The van der Waals surface area contributed by atoms with Crippen LogP contribution in [0.25, 0.3) is 0 Å². The molecule has 0 bridgehead atoms. The van der Waals surface area contributed by atoms with E-state index in [1.165, 1.54) is 11.1 Å². The van der Waals surface area contributed by atoms with E-state index in [0.29, 0.717) is 0 Å². The Labute approximate surface area is 133 Å². The summed E-state index contributed by atoms with van der Waals surface area (Å²) in [7, 11) is 0. The summed E-state index contributed by atoms with van der Waals surface area (Å²) < 4.78 is 6.83. The summed E-state index contributed by atoms with van der Waals surface area (Å²) in [4.78, 5) is 0. The van der Waals surface area contributed by atoms with E-state index in [1.807, 2.05) is 0 Å². The lowest BCUT2D eigenvalue weighted by molar-refractivity contribution is 0.353. The third-order valence-electron chi connectivity index (χ3n) is 3.73. The molecule has 0 N–H and O–H groups in total. The smallest absolute Gasteiger partial charge is 0.127 e. The van der Waals surface area contributed by atoms with Crippen molar-refractivity contribution >= 4 is 27.5 Å². The highest BCUT2D eigenvalue weighted by Gasteiger charge is 2.23. The lowest BCUT2D eigenvalue weighted by atomic mass is 9.99. The van der Waals surface area contributed by atoms with Crippen molar-refractivity contribution in [3.8, 4) is 5.75 Å². The Morgan fingerprint density at radius 2 is 2.00 bits per heavy atom. The highest BCUT2D eigenvalue weighted by molar-refractivity contribution is 9.10. The summed E-state index contributed by atoms with van der Waals surface area (Å²) in [6, 6.07) is 12.7. The Morgan fingerprint density at radius 3 is 2.70 bits per heavy atom. The molecule has 0 aliphatic carbocycles. The zero-order valence-corrected chi connectivity index (χ0v) is 13.7. The van der Waals surface area contributed by atoms with E-state index in [2.05, 4.69) is 59.3 Å². The van der Waals surface area contributed by atoms with Crippen LogP contribution in [0.2, 0.25) is 0 Å². The van der Waals surface area contributed by atoms with Crippen LogP contribution in [-0.4, -0.2) is 6.61 Å². The molecule has 1 aliphatic heterocycles. The van der Waals surface area contributed by atoms with Crippen molar-refractivity contribution in [2.45, 2.75) is 25.1 Å². The number of hydrogen-bond donors (Lipinski definition) is 0. The van der Waals surface area contributed by atoms with Crippen molar-refractivity contribution in [2.24, 2.45) is 0 Å². The van der Waals surface area contributed by atoms with Crippen LogP contribution in [0.4, 0.5) is 0 Å². The third kappa shape index (κ3) is 2.59. The second-order valence-electron chi connectivity index (χ2n) is 5.04. The molecule has 1 heterocycles. The monoisotopic (exact) mass is 350 g/mol. The Bertz CT molecular complexity index is 622. The van der Waals surface area contributed by atoms with Crippen molar-refractivity contribution < 1.29 is 4.74 Å². The summed E-state index contributed by atoms with van der Waals surface area (Å²) in [5, 5.41) is -0.176. The van der Waals surface area contributed by atoms with Crippen LogP contribution in [-0.2, 0) is 12.8 Å². The van der Waals surface area contributed by atoms with Gasteiger partial charge in [-0.2, -0.15) is 0 Å². The highest BCUT2D eigenvalue weighted by Crippen LogP contribution is 2.41. The maximum atomic E-state index is 6.68. The fourth-order valence-electron chi connectivity index (χ4n) is 2.59. The van der Waals surface area contributed by atoms with Gasteiger partial charge in [-0.25, -0.2) is 0 Å². The van der Waals surface area contributed by atoms with Crippen LogP contribution in [0.15, 0.2) is 40.9 Å². The van der Waals surface area contributed by atoms with Crippen molar-refractivity contribution in [2.75, 3.05) is 6.61 Å². The van der Waals surface area contributed by atoms with Gasteiger partial charge in [-0.15, -0.1) is 11.6 Å². The molecule has 0 amide bonds. The van der Waals surface area contributed by atoms with Gasteiger partial charge in [0.05, 0.1) is 12.0 Å². The van der Waals surface area contributed by atoms with Crippen LogP contribution in [0.3, 0.4) is 0 Å². The van der Waals surface area contributed by atoms with Gasteiger partial charge in [0.2, 0.25) is 0 Å². The Morgan fingerprint density at radius 1 is 1.25 bits per heavy atom. The average molecular weight is 352 g/mol. The first-order valence-corrected chi connectivity index (χ1v) is 8.10. The van der Waals surface area contributed by atoms with E-state index in [1.54, 1.807) is 0 Å². The molecule has 1 unspecified atom stereocenters. The predicted molar refractivity (Wildman–Crippen MR) is 86.9 cm³/mol. The number of ether oxygens (including phenoxy) is 1. The maximum absolute atomic E-state index is 6.68. The second kappa shape index (κ2) is 5.79. The second-order valence-corrected chi connectivity index (χ2v) is 6.39. The quantitative estimate of drug-likeness (QED) is 0.684. The number of hydrogen-bond acceptors (Lipinski definition) is 1. The van der Waals surface area contributed by atoms with Gasteiger partial charge in [0.1, 0.15) is 5.75 Å². The van der Waals surface area contributed by atoms with Gasteiger partial charge in [0.15, 0.2) is 0 Å². The Kier molecular flexibility index (Phi) is 4.04. The van der Waals surface area contributed by atoms with Crippen LogP contribution in [0, 0.1) is 0 Å². The lowest BCUT2D eigenvalue weighted by Crippen LogP contribution is -1.98. The van der Waals surface area contributed by atoms with Gasteiger partial charge in [0.25, 0.3) is 0 Å². The van der Waals surface area contributed by atoms with E-state index in [4.69, 9.17) is 16.3 Å². The minimum atomic E-state index is -0.176. The molecule has 0 saturated heterocycles. The van der Waals surface area contributed by atoms with Crippen molar-refractivity contribution in [3.05, 3.63) is 63.1 Å². The van der Waals surface area contributed by atoms with Gasteiger partial charge >= 0.3 is 0 Å². The first kappa shape index (κ1) is 14.0. The molecule has 0 radical (unpaired) electrons. The summed E-state index contributed by atoms with van der Waals surface area (Å²) in [5.74, 6) is 0.966. The fraction of sp³-hybridized carbons (Fsp3) is 0.294. The molecule has 3 rings (SSSR count). The largest absolute Gasteiger partial charge is 0.493 e. The standard InChI is InChI=1S/C17H16BrClO/c1-2-11-3-5-12(6-4-11)16(19)15-10-14(18)9-13-7-8-20-17(13)15/h3-6,9-10,16H,2,7-8H2,1H3. The number of aryl methyl sites for hydroxylation is 1. The van der Waals surface area contributed by atoms with E-state index in [9.17, 15) is 0 Å². The van der Waals surface area contributed by atoms with E-state index in [-0.39, 0.29) is 5.38 Å². The molecule has 0 aromatic heterocycles. The van der Waals surface area contributed by atoms with Gasteiger partial charge in [-0.05, 0) is 35.2 Å². The number of halogens is 2. The summed E-state index contributed by atoms with van der Waals surface area (Å²) in [6.45, 7) is 2.90. The molecule has 1 aliphatic rings. The number of rotatable bonds is 3. The maximum Gasteiger partial charge on any atom is 0.127 e. The summed E-state index contributed by atoms with van der Waals surface area (Å²) in [5.41, 5.74) is 4.73. The first-order valence-electron chi connectivity index (χ1n) is 6.87. The highest BCUT2D eigenvalue weighted by atomic mass is 79.9. The topological polar surface area (TPSA) is 9.23 Å². The zero-order valence-electron chi connectivity index (χ0n) is 11.3. The van der Waals surface area contributed by atoms with Gasteiger partial charge in [-0.3, -0.25) is 0 Å². The molecule has 2 aromatic rings. The molecule has 0 saturated carbocycles. The fourth-order valence-corrected chi connectivity index (χ4v) is 3.42. The predicted octanol–water partition coefficient (Wildman–Crippen LogP) is 5.27. The number of fused-ring (bicyclic) bond motifs is 1. The Balaban J connectivity index is 1.99. The normalized spacial score (nSPS) is 14.8. The molecular weight excluding hydrogens is 336 g/mol. The third-order valence-corrected chi connectivity index (χ3v) is 4.68. The number of benzene rings is 2. The first-order chi connectivity index (χ1) is 9.69. The SMILES string of the molecule is CCc1ccc(C(Cl)c2cc(Br)cc3c2OCC3)cc1. The van der Waals surface area contributed by atoms with E-state index < -0.39 is 0 Å². The summed E-state index contributed by atoms with van der Waals surface area (Å²) >= 11 is 10.2. The lowest BCUT2D eigenvalue weighted by Gasteiger charge is -2.15. The molecular formula is C17H16BrClO. The van der Waals surface area contributed by atoms with Crippen molar-refractivity contribution in [1.82, 2.24) is 0 Å². The zero-order chi connectivity index (χ0) is 14.1. The molecule has 3 heteroatoms. The van der Waals surface area contributed by atoms with E-state index >= 15 is 0 Å². The minimum Gasteiger partial charge on any atom is -0.493 e. The summed E-state index contributed by atoms with van der Waals surface area (Å²) in [6.07, 6.45) is 2.00. The molecule has 0 spiro atoms. The van der Waals surface area contributed by atoms with Crippen molar-refractivity contribution in [3.63, 3.8) is 0 Å². The van der Waals surface area contributed by atoms with E-state index in [0.717, 1.165) is 40.8 Å². The van der Waals surface area contributed by atoms with Crippen LogP contribution in [0.5, 0.6) is 5.75 Å².